The summed E-state index contributed by atoms with van der Waals surface area (Å²) in [6, 6.07) is 12.9. The Balaban J connectivity index is 1.70. The van der Waals surface area contributed by atoms with E-state index in [1.165, 1.54) is 22.3 Å². The first-order chi connectivity index (χ1) is 11.6. The average Bonchev–Trinajstić information content (AvgIpc) is 2.58. The van der Waals surface area contributed by atoms with E-state index in [0.29, 0.717) is 5.11 Å². The SMILES string of the molecule is COc1ccc2c(c1)CCCC2NC(=S)Nc1ccc(C)c(C)c1. The number of aryl methyl sites for hydroxylation is 3. The molecule has 0 amide bonds. The predicted octanol–water partition coefficient (Wildman–Crippen LogP) is 4.68. The first kappa shape index (κ1) is 16.8. The van der Waals surface area contributed by atoms with E-state index in [1.807, 2.05) is 6.07 Å². The van der Waals surface area contributed by atoms with E-state index in [1.54, 1.807) is 7.11 Å². The number of nitrogens with one attached hydrogen (secondary N) is 2. The van der Waals surface area contributed by atoms with E-state index in [0.717, 1.165) is 30.7 Å². The summed E-state index contributed by atoms with van der Waals surface area (Å²) in [5, 5.41) is 7.45. The molecule has 2 N–H and O–H groups in total. The highest BCUT2D eigenvalue weighted by Crippen LogP contribution is 2.32. The maximum Gasteiger partial charge on any atom is 0.171 e. The summed E-state index contributed by atoms with van der Waals surface area (Å²) in [4.78, 5) is 0. The van der Waals surface area contributed by atoms with Gasteiger partial charge in [-0.05, 0) is 91.8 Å². The minimum absolute atomic E-state index is 0.256. The molecule has 0 saturated carbocycles. The van der Waals surface area contributed by atoms with Crippen LogP contribution < -0.4 is 15.4 Å². The van der Waals surface area contributed by atoms with Crippen molar-refractivity contribution in [3.63, 3.8) is 0 Å². The van der Waals surface area contributed by atoms with Gasteiger partial charge in [0.1, 0.15) is 5.75 Å². The Morgan fingerprint density at radius 2 is 1.96 bits per heavy atom. The van der Waals surface area contributed by atoms with Gasteiger partial charge in [-0.15, -0.1) is 0 Å². The number of benzene rings is 2. The zero-order chi connectivity index (χ0) is 17.1. The van der Waals surface area contributed by atoms with Crippen molar-refractivity contribution in [3.05, 3.63) is 58.7 Å². The maximum atomic E-state index is 5.52. The van der Waals surface area contributed by atoms with Gasteiger partial charge in [-0.1, -0.05) is 12.1 Å². The Bertz CT molecular complexity index is 757. The van der Waals surface area contributed by atoms with Crippen molar-refractivity contribution in [2.24, 2.45) is 0 Å². The highest BCUT2D eigenvalue weighted by molar-refractivity contribution is 7.80. The Kier molecular flexibility index (Phi) is 5.05. The molecule has 0 radical (unpaired) electrons. The third-order valence-corrected chi connectivity index (χ3v) is 4.95. The van der Waals surface area contributed by atoms with Gasteiger partial charge in [0.25, 0.3) is 0 Å². The molecule has 2 aromatic rings. The lowest BCUT2D eigenvalue weighted by molar-refractivity contribution is 0.412. The normalized spacial score (nSPS) is 16.2. The van der Waals surface area contributed by atoms with E-state index in [9.17, 15) is 0 Å². The molecule has 1 unspecified atom stereocenters. The van der Waals surface area contributed by atoms with Crippen molar-refractivity contribution >= 4 is 23.0 Å². The third kappa shape index (κ3) is 3.70. The molecule has 1 aliphatic carbocycles. The fourth-order valence-electron chi connectivity index (χ4n) is 3.21. The van der Waals surface area contributed by atoms with Crippen molar-refractivity contribution in [2.45, 2.75) is 39.2 Å². The van der Waals surface area contributed by atoms with Gasteiger partial charge in [0.05, 0.1) is 13.2 Å². The minimum Gasteiger partial charge on any atom is -0.497 e. The Morgan fingerprint density at radius 1 is 1.12 bits per heavy atom. The van der Waals surface area contributed by atoms with Gasteiger partial charge >= 0.3 is 0 Å². The number of thiocarbonyl (C=S) groups is 1. The Labute approximate surface area is 149 Å². The monoisotopic (exact) mass is 340 g/mol. The number of anilines is 1. The van der Waals surface area contributed by atoms with Gasteiger partial charge in [0, 0.05) is 5.69 Å². The van der Waals surface area contributed by atoms with E-state index >= 15 is 0 Å². The molecule has 0 bridgehead atoms. The summed E-state index contributed by atoms with van der Waals surface area (Å²) < 4.78 is 5.34. The van der Waals surface area contributed by atoms with Crippen LogP contribution >= 0.6 is 12.2 Å². The molecule has 0 spiro atoms. The molecule has 4 heteroatoms. The summed E-state index contributed by atoms with van der Waals surface area (Å²) in [6.07, 6.45) is 3.35. The molecule has 0 saturated heterocycles. The quantitative estimate of drug-likeness (QED) is 0.795. The summed E-state index contributed by atoms with van der Waals surface area (Å²) in [7, 11) is 1.71. The molecular weight excluding hydrogens is 316 g/mol. The standard InChI is InChI=1S/C20H24N2OS/c1-13-7-8-16(11-14(13)2)21-20(24)22-19-6-4-5-15-12-17(23-3)9-10-18(15)19/h7-12,19H,4-6H2,1-3H3,(H2,21,22,24). The molecule has 1 atom stereocenters. The third-order valence-electron chi connectivity index (χ3n) is 4.73. The van der Waals surface area contributed by atoms with Crippen molar-refractivity contribution in [3.8, 4) is 5.75 Å². The van der Waals surface area contributed by atoms with Crippen LogP contribution in [0.25, 0.3) is 0 Å². The lowest BCUT2D eigenvalue weighted by atomic mass is 9.87. The first-order valence-corrected chi connectivity index (χ1v) is 8.79. The van der Waals surface area contributed by atoms with Gasteiger partial charge in [-0.25, -0.2) is 0 Å². The van der Waals surface area contributed by atoms with Gasteiger partial charge < -0.3 is 15.4 Å². The first-order valence-electron chi connectivity index (χ1n) is 8.38. The minimum atomic E-state index is 0.256. The van der Waals surface area contributed by atoms with Crippen LogP contribution in [0.3, 0.4) is 0 Å². The lowest BCUT2D eigenvalue weighted by Crippen LogP contribution is -2.34. The number of fused-ring (bicyclic) bond motifs is 1. The van der Waals surface area contributed by atoms with E-state index < -0.39 is 0 Å². The molecule has 0 aromatic heterocycles. The zero-order valence-electron chi connectivity index (χ0n) is 14.5. The molecule has 2 aromatic carbocycles. The Hall–Kier alpha value is -2.07. The van der Waals surface area contributed by atoms with E-state index in [4.69, 9.17) is 17.0 Å². The fraction of sp³-hybridized carbons (Fsp3) is 0.350. The van der Waals surface area contributed by atoms with Gasteiger partial charge in [-0.2, -0.15) is 0 Å². The van der Waals surface area contributed by atoms with Crippen LogP contribution in [0.4, 0.5) is 5.69 Å². The molecule has 0 heterocycles. The highest BCUT2D eigenvalue weighted by atomic mass is 32.1. The predicted molar refractivity (Wildman–Crippen MR) is 104 cm³/mol. The number of hydrogen-bond acceptors (Lipinski definition) is 2. The van der Waals surface area contributed by atoms with Crippen molar-refractivity contribution in [1.82, 2.24) is 5.32 Å². The summed E-state index contributed by atoms with van der Waals surface area (Å²) >= 11 is 5.52. The molecule has 24 heavy (non-hydrogen) atoms. The zero-order valence-corrected chi connectivity index (χ0v) is 15.3. The Morgan fingerprint density at radius 3 is 2.71 bits per heavy atom. The van der Waals surface area contributed by atoms with Crippen LogP contribution in [-0.4, -0.2) is 12.2 Å². The van der Waals surface area contributed by atoms with E-state index in [-0.39, 0.29) is 6.04 Å². The molecule has 126 valence electrons. The van der Waals surface area contributed by atoms with Crippen LogP contribution in [0, 0.1) is 13.8 Å². The second-order valence-electron chi connectivity index (χ2n) is 6.41. The van der Waals surface area contributed by atoms with Crippen LogP contribution in [-0.2, 0) is 6.42 Å². The van der Waals surface area contributed by atoms with Crippen molar-refractivity contribution in [1.29, 1.82) is 0 Å². The molecule has 3 rings (SSSR count). The van der Waals surface area contributed by atoms with E-state index in [2.05, 4.69) is 54.8 Å². The summed E-state index contributed by atoms with van der Waals surface area (Å²) in [5.41, 5.74) is 6.26. The largest absolute Gasteiger partial charge is 0.497 e. The molecule has 3 nitrogen and oxygen atoms in total. The van der Waals surface area contributed by atoms with Crippen LogP contribution in [0.2, 0.25) is 0 Å². The van der Waals surface area contributed by atoms with Crippen LogP contribution in [0.1, 0.15) is 41.1 Å². The van der Waals surface area contributed by atoms with Gasteiger partial charge in [0.2, 0.25) is 0 Å². The maximum absolute atomic E-state index is 5.52. The van der Waals surface area contributed by atoms with Crippen molar-refractivity contribution in [2.75, 3.05) is 12.4 Å². The second kappa shape index (κ2) is 7.22. The highest BCUT2D eigenvalue weighted by Gasteiger charge is 2.21. The molecule has 1 aliphatic rings. The van der Waals surface area contributed by atoms with Gasteiger partial charge in [0.15, 0.2) is 5.11 Å². The fourth-order valence-corrected chi connectivity index (χ4v) is 3.47. The smallest absolute Gasteiger partial charge is 0.171 e. The van der Waals surface area contributed by atoms with Gasteiger partial charge in [-0.3, -0.25) is 0 Å². The van der Waals surface area contributed by atoms with Crippen molar-refractivity contribution < 1.29 is 4.74 Å². The lowest BCUT2D eigenvalue weighted by Gasteiger charge is -2.28. The number of hydrogen-bond donors (Lipinski definition) is 2. The number of rotatable bonds is 3. The summed E-state index contributed by atoms with van der Waals surface area (Å²) in [5.74, 6) is 0.922. The number of ether oxygens (including phenoxy) is 1. The molecule has 0 aliphatic heterocycles. The topological polar surface area (TPSA) is 33.3 Å². The average molecular weight is 340 g/mol. The summed E-state index contributed by atoms with van der Waals surface area (Å²) in [6.45, 7) is 4.23. The number of methoxy groups -OCH3 is 1. The van der Waals surface area contributed by atoms with Crippen LogP contribution in [0.15, 0.2) is 36.4 Å². The second-order valence-corrected chi connectivity index (χ2v) is 6.82. The molecule has 0 fully saturated rings. The van der Waals surface area contributed by atoms with Crippen LogP contribution in [0.5, 0.6) is 5.75 Å². The molecular formula is C20H24N2OS.